The third-order valence-corrected chi connectivity index (χ3v) is 3.14. The summed E-state index contributed by atoms with van der Waals surface area (Å²) >= 11 is 0. The van der Waals surface area contributed by atoms with Crippen LogP contribution in [0.3, 0.4) is 0 Å². The van der Waals surface area contributed by atoms with Crippen molar-refractivity contribution in [3.8, 4) is 0 Å². The maximum atomic E-state index is 13.2. The molecule has 0 bridgehead atoms. The minimum atomic E-state index is -4.29. The van der Waals surface area contributed by atoms with Crippen LogP contribution in [0.15, 0.2) is 5.10 Å². The topological polar surface area (TPSA) is 18.8 Å². The van der Waals surface area contributed by atoms with Gasteiger partial charge in [0.15, 0.2) is 0 Å². The van der Waals surface area contributed by atoms with Crippen molar-refractivity contribution in [2.24, 2.45) is 10.5 Å². The van der Waals surface area contributed by atoms with Crippen molar-refractivity contribution in [3.63, 3.8) is 0 Å². The lowest BCUT2D eigenvalue weighted by Crippen LogP contribution is -2.52. The van der Waals surface area contributed by atoms with Crippen LogP contribution in [0, 0.1) is 5.41 Å². The monoisotopic (exact) mass is 293 g/mol. The molecule has 0 amide bonds. The molecule has 20 heavy (non-hydrogen) atoms. The van der Waals surface area contributed by atoms with Gasteiger partial charge >= 0.3 is 6.18 Å². The van der Waals surface area contributed by atoms with Crippen molar-refractivity contribution in [1.29, 1.82) is 0 Å². The molecule has 0 fully saturated rings. The molecule has 0 N–H and O–H groups in total. The molecule has 0 aromatic heterocycles. The van der Waals surface area contributed by atoms with Crippen molar-refractivity contribution in [2.75, 3.05) is 13.1 Å². The van der Waals surface area contributed by atoms with Crippen molar-refractivity contribution in [1.82, 2.24) is 9.91 Å². The number of alkyl halides is 3. The van der Waals surface area contributed by atoms with Crippen LogP contribution in [0.1, 0.15) is 53.4 Å². The summed E-state index contributed by atoms with van der Waals surface area (Å²) < 4.78 is 39.7. The summed E-state index contributed by atoms with van der Waals surface area (Å²) in [5, 5.41) is 5.14. The Morgan fingerprint density at radius 2 is 1.75 bits per heavy atom. The molecule has 1 atom stereocenters. The van der Waals surface area contributed by atoms with E-state index in [9.17, 15) is 13.2 Å². The first-order valence-electron chi connectivity index (χ1n) is 7.28. The van der Waals surface area contributed by atoms with Crippen molar-refractivity contribution in [2.45, 2.75) is 65.7 Å². The molecule has 3 nitrogen and oxygen atoms in total. The van der Waals surface area contributed by atoms with E-state index in [2.05, 4.69) is 12.0 Å². The van der Waals surface area contributed by atoms with E-state index < -0.39 is 12.3 Å². The Bertz CT molecular complexity index is 321. The molecule has 0 spiro atoms. The second-order valence-electron chi connectivity index (χ2n) is 6.60. The minimum absolute atomic E-state index is 0.201. The van der Waals surface area contributed by atoms with Crippen LogP contribution >= 0.6 is 0 Å². The van der Waals surface area contributed by atoms with Gasteiger partial charge in [0.1, 0.15) is 6.34 Å². The molecule has 1 aliphatic heterocycles. The molecule has 118 valence electrons. The molecular formula is C14H26F3N3. The first kappa shape index (κ1) is 17.1. The van der Waals surface area contributed by atoms with Gasteiger partial charge in [-0.1, -0.05) is 47.0 Å². The van der Waals surface area contributed by atoms with Gasteiger partial charge < -0.3 is 4.90 Å². The number of hydrogen-bond donors (Lipinski definition) is 0. The second kappa shape index (κ2) is 6.68. The quantitative estimate of drug-likeness (QED) is 0.688. The maximum absolute atomic E-state index is 13.2. The number of hydrogen-bond acceptors (Lipinski definition) is 3. The first-order chi connectivity index (χ1) is 9.15. The molecule has 1 heterocycles. The minimum Gasteiger partial charge on any atom is -0.331 e. The Kier molecular flexibility index (Phi) is 5.71. The van der Waals surface area contributed by atoms with E-state index in [0.717, 1.165) is 25.7 Å². The highest BCUT2D eigenvalue weighted by molar-refractivity contribution is 5.57. The zero-order valence-electron chi connectivity index (χ0n) is 12.9. The van der Waals surface area contributed by atoms with Crippen LogP contribution in [0.4, 0.5) is 13.2 Å². The number of unbranched alkanes of at least 4 members (excludes halogenated alkanes) is 3. The van der Waals surface area contributed by atoms with Crippen molar-refractivity contribution < 1.29 is 13.2 Å². The fraction of sp³-hybridized carbons (Fsp3) is 0.929. The highest BCUT2D eigenvalue weighted by Gasteiger charge is 2.49. The van der Waals surface area contributed by atoms with Gasteiger partial charge in [-0.25, -0.2) is 0 Å². The molecular weight excluding hydrogens is 267 g/mol. The highest BCUT2D eigenvalue weighted by atomic mass is 19.4. The Morgan fingerprint density at radius 1 is 1.10 bits per heavy atom. The first-order valence-corrected chi connectivity index (χ1v) is 7.28. The largest absolute Gasteiger partial charge is 0.429 e. The second-order valence-corrected chi connectivity index (χ2v) is 6.60. The zero-order chi connectivity index (χ0) is 15.4. The van der Waals surface area contributed by atoms with Crippen LogP contribution in [0.2, 0.25) is 0 Å². The predicted molar refractivity (Wildman–Crippen MR) is 75.3 cm³/mol. The van der Waals surface area contributed by atoms with Gasteiger partial charge in [0.05, 0.1) is 0 Å². The fourth-order valence-corrected chi connectivity index (χ4v) is 2.34. The average molecular weight is 293 g/mol. The van der Waals surface area contributed by atoms with Crippen LogP contribution in [-0.4, -0.2) is 41.7 Å². The standard InChI is InChI=1S/C14H26F3N3/c1-5-6-7-8-9-20-12(14(15,16)17)19(11-18-20)10-13(2,3)4/h11-12H,5-10H2,1-4H3. The average Bonchev–Trinajstić information content (AvgIpc) is 2.64. The van der Waals surface area contributed by atoms with Gasteiger partial charge in [-0.15, -0.1) is 0 Å². The third-order valence-electron chi connectivity index (χ3n) is 3.14. The molecule has 0 saturated carbocycles. The summed E-state index contributed by atoms with van der Waals surface area (Å²) in [6.45, 7) is 8.57. The summed E-state index contributed by atoms with van der Waals surface area (Å²) in [4.78, 5) is 1.31. The molecule has 6 heteroatoms. The Labute approximate surface area is 119 Å². The molecule has 1 unspecified atom stereocenters. The van der Waals surface area contributed by atoms with Gasteiger partial charge in [-0.2, -0.15) is 18.3 Å². The van der Waals surface area contributed by atoms with E-state index in [1.807, 2.05) is 20.8 Å². The van der Waals surface area contributed by atoms with E-state index in [1.54, 1.807) is 0 Å². The van der Waals surface area contributed by atoms with Crippen molar-refractivity contribution >= 4 is 6.34 Å². The van der Waals surface area contributed by atoms with E-state index in [1.165, 1.54) is 16.2 Å². The van der Waals surface area contributed by atoms with Gasteiger partial charge in [-0.05, 0) is 11.8 Å². The van der Waals surface area contributed by atoms with Crippen molar-refractivity contribution in [3.05, 3.63) is 0 Å². The summed E-state index contributed by atoms with van der Waals surface area (Å²) in [6, 6.07) is 0. The van der Waals surface area contributed by atoms with E-state index >= 15 is 0 Å². The van der Waals surface area contributed by atoms with Crippen LogP contribution in [0.5, 0.6) is 0 Å². The van der Waals surface area contributed by atoms with Gasteiger partial charge in [-0.3, -0.25) is 5.01 Å². The fourth-order valence-electron chi connectivity index (χ4n) is 2.34. The Morgan fingerprint density at radius 3 is 2.25 bits per heavy atom. The van der Waals surface area contributed by atoms with Crippen LogP contribution < -0.4 is 0 Å². The maximum Gasteiger partial charge on any atom is 0.429 e. The normalized spacial score (nSPS) is 20.1. The molecule has 0 saturated heterocycles. The summed E-state index contributed by atoms with van der Waals surface area (Å²) in [6.07, 6.45) is -0.728. The highest BCUT2D eigenvalue weighted by Crippen LogP contribution is 2.32. The lowest BCUT2D eigenvalue weighted by atomic mass is 9.96. The lowest BCUT2D eigenvalue weighted by Gasteiger charge is -2.35. The predicted octanol–water partition coefficient (Wildman–Crippen LogP) is 4.06. The molecule has 1 rings (SSSR count). The molecule has 0 aliphatic carbocycles. The van der Waals surface area contributed by atoms with Crippen LogP contribution in [-0.2, 0) is 0 Å². The van der Waals surface area contributed by atoms with E-state index in [4.69, 9.17) is 0 Å². The van der Waals surface area contributed by atoms with E-state index in [0.29, 0.717) is 13.1 Å². The third kappa shape index (κ3) is 5.21. The molecule has 1 aliphatic rings. The van der Waals surface area contributed by atoms with Gasteiger partial charge in [0, 0.05) is 13.1 Å². The lowest BCUT2D eigenvalue weighted by molar-refractivity contribution is -0.209. The number of nitrogens with zero attached hydrogens (tertiary/aromatic N) is 3. The summed E-state index contributed by atoms with van der Waals surface area (Å²) in [5.41, 5.74) is -0.201. The van der Waals surface area contributed by atoms with Crippen LogP contribution in [0.25, 0.3) is 0 Å². The Hall–Kier alpha value is -0.940. The number of hydrazone groups is 1. The number of halogens is 3. The smallest absolute Gasteiger partial charge is 0.331 e. The summed E-state index contributed by atoms with van der Waals surface area (Å²) in [7, 11) is 0. The SMILES string of the molecule is CCCCCCN1N=CN(CC(C)(C)C)C1C(F)(F)F. The zero-order valence-corrected chi connectivity index (χ0v) is 12.9. The Balaban J connectivity index is 2.65. The summed E-state index contributed by atoms with van der Waals surface area (Å²) in [5.74, 6) is 0. The van der Waals surface area contributed by atoms with Gasteiger partial charge in [0.25, 0.3) is 0 Å². The molecule has 0 aromatic rings. The molecule has 0 radical (unpaired) electrons. The van der Waals surface area contributed by atoms with Gasteiger partial charge in [0.2, 0.25) is 6.17 Å². The number of rotatable bonds is 6. The van der Waals surface area contributed by atoms with E-state index in [-0.39, 0.29) is 5.41 Å². The molecule has 0 aromatic carbocycles.